The van der Waals surface area contributed by atoms with Gasteiger partial charge in [-0.15, -0.1) is 12.4 Å². The Balaban J connectivity index is 0.00000112. The molecule has 0 saturated carbocycles. The van der Waals surface area contributed by atoms with Gasteiger partial charge in [0.25, 0.3) is 0 Å². The molecule has 1 fully saturated rings. The molecule has 3 N–H and O–H groups in total. The van der Waals surface area contributed by atoms with Crippen LogP contribution in [0.3, 0.4) is 0 Å². The van der Waals surface area contributed by atoms with Crippen LogP contribution >= 0.6 is 12.4 Å². The van der Waals surface area contributed by atoms with E-state index in [0.29, 0.717) is 11.9 Å². The van der Waals surface area contributed by atoms with Crippen LogP contribution in [0.1, 0.15) is 12.8 Å². The number of nitrogens with one attached hydrogen (secondary N) is 2. The number of pyridine rings is 1. The fourth-order valence-electron chi connectivity index (χ4n) is 1.68. The summed E-state index contributed by atoms with van der Waals surface area (Å²) in [5.41, 5.74) is 0. The molecule has 0 amide bonds. The summed E-state index contributed by atoms with van der Waals surface area (Å²) in [5, 5.41) is 16.0. The van der Waals surface area contributed by atoms with Crippen molar-refractivity contribution in [1.82, 2.24) is 10.3 Å². The molecule has 15 heavy (non-hydrogen) atoms. The Morgan fingerprint density at radius 3 is 3.07 bits per heavy atom. The number of aromatic nitrogens is 1. The molecule has 1 aromatic heterocycles. The summed E-state index contributed by atoms with van der Waals surface area (Å²) < 4.78 is 0. The smallest absolute Gasteiger partial charge is 0.168 e. The fraction of sp³-hybridized carbons (Fsp3) is 0.500. The lowest BCUT2D eigenvalue weighted by molar-refractivity contribution is 0.460. The standard InChI is InChI=1S/C10H15N3O.ClH/c14-9-4-2-6-12-10(9)13-8-3-1-5-11-7-8;/h2,4,6,8,11,14H,1,3,5,7H2,(H,12,13);1H. The number of hydrogen-bond donors (Lipinski definition) is 3. The highest BCUT2D eigenvalue weighted by Gasteiger charge is 2.13. The Hall–Kier alpha value is -1.00. The van der Waals surface area contributed by atoms with E-state index in [1.807, 2.05) is 0 Å². The molecule has 84 valence electrons. The lowest BCUT2D eigenvalue weighted by atomic mass is 10.1. The molecule has 4 nitrogen and oxygen atoms in total. The summed E-state index contributed by atoms with van der Waals surface area (Å²) in [6.45, 7) is 2.03. The van der Waals surface area contributed by atoms with Crippen LogP contribution in [0.25, 0.3) is 0 Å². The van der Waals surface area contributed by atoms with Crippen LogP contribution in [0.15, 0.2) is 18.3 Å². The van der Waals surface area contributed by atoms with Gasteiger partial charge in [-0.05, 0) is 31.5 Å². The summed E-state index contributed by atoms with van der Waals surface area (Å²) in [4.78, 5) is 4.08. The normalized spacial score (nSPS) is 20.4. The van der Waals surface area contributed by atoms with Gasteiger partial charge in [-0.25, -0.2) is 4.98 Å². The number of hydrogen-bond acceptors (Lipinski definition) is 4. The Morgan fingerprint density at radius 2 is 2.40 bits per heavy atom. The number of piperidine rings is 1. The number of anilines is 1. The summed E-state index contributed by atoms with van der Waals surface area (Å²) in [6, 6.07) is 3.75. The monoisotopic (exact) mass is 229 g/mol. The molecule has 0 bridgehead atoms. The second-order valence-corrected chi connectivity index (χ2v) is 3.56. The van der Waals surface area contributed by atoms with Gasteiger partial charge in [0.2, 0.25) is 0 Å². The van der Waals surface area contributed by atoms with Gasteiger partial charge in [-0.1, -0.05) is 0 Å². The minimum Gasteiger partial charge on any atom is -0.504 e. The predicted molar refractivity (Wildman–Crippen MR) is 62.7 cm³/mol. The number of halogens is 1. The van der Waals surface area contributed by atoms with Crippen LogP contribution in [0.4, 0.5) is 5.82 Å². The van der Waals surface area contributed by atoms with Gasteiger partial charge in [0, 0.05) is 18.8 Å². The van der Waals surface area contributed by atoms with Gasteiger partial charge in [0.15, 0.2) is 11.6 Å². The van der Waals surface area contributed by atoms with Crippen LogP contribution in [-0.2, 0) is 0 Å². The van der Waals surface area contributed by atoms with Crippen molar-refractivity contribution in [3.05, 3.63) is 18.3 Å². The van der Waals surface area contributed by atoms with Gasteiger partial charge in [-0.2, -0.15) is 0 Å². The maximum Gasteiger partial charge on any atom is 0.168 e. The molecule has 5 heteroatoms. The molecule has 1 aliphatic rings. The van der Waals surface area contributed by atoms with Gasteiger partial charge < -0.3 is 15.7 Å². The molecule has 1 saturated heterocycles. The van der Waals surface area contributed by atoms with E-state index >= 15 is 0 Å². The number of aromatic hydroxyl groups is 1. The van der Waals surface area contributed by atoms with E-state index in [0.717, 1.165) is 19.5 Å². The molecule has 2 rings (SSSR count). The van der Waals surface area contributed by atoms with Gasteiger partial charge >= 0.3 is 0 Å². The van der Waals surface area contributed by atoms with Crippen molar-refractivity contribution >= 4 is 18.2 Å². The molecule has 2 heterocycles. The lowest BCUT2D eigenvalue weighted by Crippen LogP contribution is -2.38. The second kappa shape index (κ2) is 5.78. The van der Waals surface area contributed by atoms with Crippen LogP contribution in [0.5, 0.6) is 5.75 Å². The zero-order valence-corrected chi connectivity index (χ0v) is 9.26. The minimum absolute atomic E-state index is 0. The molecule has 1 atom stereocenters. The summed E-state index contributed by atoms with van der Waals surface area (Å²) >= 11 is 0. The Labute approximate surface area is 95.5 Å². The highest BCUT2D eigenvalue weighted by Crippen LogP contribution is 2.20. The van der Waals surface area contributed by atoms with Crippen molar-refractivity contribution in [2.45, 2.75) is 18.9 Å². The highest BCUT2D eigenvalue weighted by molar-refractivity contribution is 5.85. The number of nitrogens with zero attached hydrogens (tertiary/aromatic N) is 1. The van der Waals surface area contributed by atoms with E-state index in [9.17, 15) is 5.11 Å². The van der Waals surface area contributed by atoms with E-state index < -0.39 is 0 Å². The third kappa shape index (κ3) is 3.25. The fourth-order valence-corrected chi connectivity index (χ4v) is 1.68. The number of rotatable bonds is 2. The summed E-state index contributed by atoms with van der Waals surface area (Å²) in [5.74, 6) is 0.805. The van der Waals surface area contributed by atoms with Crippen molar-refractivity contribution < 1.29 is 5.11 Å². The molecule has 0 aromatic carbocycles. The van der Waals surface area contributed by atoms with Gasteiger partial charge in [0.1, 0.15) is 0 Å². The first kappa shape index (κ1) is 12.1. The van der Waals surface area contributed by atoms with Crippen LogP contribution in [-0.4, -0.2) is 29.2 Å². The largest absolute Gasteiger partial charge is 0.504 e. The molecule has 1 aliphatic heterocycles. The lowest BCUT2D eigenvalue weighted by Gasteiger charge is -2.24. The van der Waals surface area contributed by atoms with Gasteiger partial charge in [0.05, 0.1) is 0 Å². The topological polar surface area (TPSA) is 57.2 Å². The van der Waals surface area contributed by atoms with Crippen molar-refractivity contribution in [2.75, 3.05) is 18.4 Å². The Bertz CT molecular complexity index is 302. The average Bonchev–Trinajstić information content (AvgIpc) is 2.23. The van der Waals surface area contributed by atoms with Gasteiger partial charge in [-0.3, -0.25) is 0 Å². The summed E-state index contributed by atoms with van der Waals surface area (Å²) in [6.07, 6.45) is 3.98. The molecular weight excluding hydrogens is 214 g/mol. The zero-order chi connectivity index (χ0) is 9.80. The third-order valence-corrected chi connectivity index (χ3v) is 2.42. The molecule has 1 aromatic rings. The van der Waals surface area contributed by atoms with Crippen LogP contribution < -0.4 is 10.6 Å². The van der Waals surface area contributed by atoms with Crippen molar-refractivity contribution in [3.8, 4) is 5.75 Å². The quantitative estimate of drug-likeness (QED) is 0.717. The Morgan fingerprint density at radius 1 is 1.53 bits per heavy atom. The first-order chi connectivity index (χ1) is 6.86. The van der Waals surface area contributed by atoms with E-state index in [4.69, 9.17) is 0 Å². The molecular formula is C10H16ClN3O. The second-order valence-electron chi connectivity index (χ2n) is 3.56. The average molecular weight is 230 g/mol. The highest BCUT2D eigenvalue weighted by atomic mass is 35.5. The first-order valence-electron chi connectivity index (χ1n) is 4.97. The van der Waals surface area contributed by atoms with Crippen LogP contribution in [0, 0.1) is 0 Å². The van der Waals surface area contributed by atoms with Crippen molar-refractivity contribution in [2.24, 2.45) is 0 Å². The molecule has 1 unspecified atom stereocenters. The van der Waals surface area contributed by atoms with E-state index in [1.165, 1.54) is 6.42 Å². The SMILES string of the molecule is Cl.Oc1cccnc1NC1CCCNC1. The summed E-state index contributed by atoms with van der Waals surface area (Å²) in [7, 11) is 0. The first-order valence-corrected chi connectivity index (χ1v) is 4.97. The molecule has 0 spiro atoms. The van der Waals surface area contributed by atoms with Crippen molar-refractivity contribution in [3.63, 3.8) is 0 Å². The molecule has 0 radical (unpaired) electrons. The van der Waals surface area contributed by atoms with E-state index in [1.54, 1.807) is 18.3 Å². The van der Waals surface area contributed by atoms with E-state index in [-0.39, 0.29) is 18.2 Å². The zero-order valence-electron chi connectivity index (χ0n) is 8.44. The third-order valence-electron chi connectivity index (χ3n) is 2.42. The minimum atomic E-state index is 0. The van der Waals surface area contributed by atoms with E-state index in [2.05, 4.69) is 15.6 Å². The molecule has 0 aliphatic carbocycles. The maximum absolute atomic E-state index is 9.50. The van der Waals surface area contributed by atoms with Crippen molar-refractivity contribution in [1.29, 1.82) is 0 Å². The predicted octanol–water partition coefficient (Wildman–Crippen LogP) is 1.37. The Kier molecular flexibility index (Phi) is 4.65. The van der Waals surface area contributed by atoms with Crippen LogP contribution in [0.2, 0.25) is 0 Å². The maximum atomic E-state index is 9.50.